The predicted molar refractivity (Wildman–Crippen MR) is 74.0 cm³/mol. The highest BCUT2D eigenvalue weighted by molar-refractivity contribution is 5.99. The summed E-state index contributed by atoms with van der Waals surface area (Å²) in [5.74, 6) is 0.229. The number of hydrogen-bond donors (Lipinski definition) is 3. The van der Waals surface area contributed by atoms with Crippen LogP contribution in [0.15, 0.2) is 12.1 Å². The predicted octanol–water partition coefficient (Wildman–Crippen LogP) is -0.287. The van der Waals surface area contributed by atoms with E-state index < -0.39 is 5.91 Å². The Bertz CT molecular complexity index is 458. The molecule has 112 valence electrons. The number of benzene rings is 1. The topological polar surface area (TPSA) is 105 Å². The fourth-order valence-corrected chi connectivity index (χ4v) is 1.87. The van der Waals surface area contributed by atoms with Gasteiger partial charge in [-0.25, -0.2) is 0 Å². The van der Waals surface area contributed by atoms with Crippen molar-refractivity contribution in [3.8, 4) is 11.5 Å². The van der Waals surface area contributed by atoms with E-state index in [2.05, 4.69) is 0 Å². The number of carbonyl (C=O) groups excluding carboxylic acids is 1. The molecule has 7 nitrogen and oxygen atoms in total. The van der Waals surface area contributed by atoms with E-state index in [1.165, 1.54) is 25.2 Å². The lowest BCUT2D eigenvalue weighted by Gasteiger charge is -2.22. The molecule has 4 N–H and O–H groups in total. The second-order valence-electron chi connectivity index (χ2n) is 4.04. The number of aliphatic hydroxyl groups excluding tert-OH is 2. The van der Waals surface area contributed by atoms with E-state index in [0.29, 0.717) is 11.4 Å². The van der Waals surface area contributed by atoms with Crippen LogP contribution in [0.25, 0.3) is 0 Å². The van der Waals surface area contributed by atoms with Gasteiger partial charge in [0.1, 0.15) is 0 Å². The lowest BCUT2D eigenvalue weighted by Crippen LogP contribution is -2.36. The minimum absolute atomic E-state index is 0.111. The third-order valence-corrected chi connectivity index (χ3v) is 2.76. The molecule has 0 unspecified atom stereocenters. The van der Waals surface area contributed by atoms with Crippen LogP contribution in [0.1, 0.15) is 10.4 Å². The van der Waals surface area contributed by atoms with Gasteiger partial charge in [-0.05, 0) is 6.07 Å². The average molecular weight is 284 g/mol. The van der Waals surface area contributed by atoms with Gasteiger partial charge in [0.05, 0.1) is 33.0 Å². The summed E-state index contributed by atoms with van der Waals surface area (Å²) in [6.07, 6.45) is 0. The van der Waals surface area contributed by atoms with Crippen LogP contribution in [-0.4, -0.2) is 61.5 Å². The van der Waals surface area contributed by atoms with Gasteiger partial charge >= 0.3 is 0 Å². The third kappa shape index (κ3) is 3.52. The van der Waals surface area contributed by atoms with Crippen LogP contribution >= 0.6 is 0 Å². The first-order valence-corrected chi connectivity index (χ1v) is 6.11. The van der Waals surface area contributed by atoms with Crippen LogP contribution in [-0.2, 0) is 0 Å². The van der Waals surface area contributed by atoms with Crippen molar-refractivity contribution in [2.45, 2.75) is 0 Å². The molecule has 1 amide bonds. The van der Waals surface area contributed by atoms with Gasteiger partial charge in [-0.15, -0.1) is 0 Å². The number of ether oxygens (including phenoxy) is 2. The molecule has 0 aliphatic heterocycles. The maximum absolute atomic E-state index is 12.4. The fraction of sp³-hybridized carbons (Fsp3) is 0.462. The summed E-state index contributed by atoms with van der Waals surface area (Å²) >= 11 is 0. The molecule has 0 aromatic heterocycles. The van der Waals surface area contributed by atoms with Crippen molar-refractivity contribution in [2.75, 3.05) is 46.3 Å². The van der Waals surface area contributed by atoms with Crippen molar-refractivity contribution in [1.29, 1.82) is 0 Å². The second kappa shape index (κ2) is 7.56. The first-order chi connectivity index (χ1) is 9.58. The molecule has 7 heteroatoms. The summed E-state index contributed by atoms with van der Waals surface area (Å²) in [4.78, 5) is 13.8. The number of nitrogens with two attached hydrogens (primary N) is 1. The van der Waals surface area contributed by atoms with Gasteiger partial charge in [0, 0.05) is 24.8 Å². The third-order valence-electron chi connectivity index (χ3n) is 2.76. The number of methoxy groups -OCH3 is 2. The zero-order valence-corrected chi connectivity index (χ0v) is 11.6. The van der Waals surface area contributed by atoms with Crippen molar-refractivity contribution in [3.63, 3.8) is 0 Å². The first kappa shape index (κ1) is 16.1. The van der Waals surface area contributed by atoms with Gasteiger partial charge in [-0.2, -0.15) is 0 Å². The highest BCUT2D eigenvalue weighted by Crippen LogP contribution is 2.34. The molecule has 0 spiro atoms. The Morgan fingerprint density at radius 2 is 1.80 bits per heavy atom. The van der Waals surface area contributed by atoms with Gasteiger partial charge in [-0.3, -0.25) is 4.79 Å². The fourth-order valence-electron chi connectivity index (χ4n) is 1.87. The van der Waals surface area contributed by atoms with Crippen molar-refractivity contribution < 1.29 is 24.5 Å². The summed E-state index contributed by atoms with van der Waals surface area (Å²) in [5, 5.41) is 18.0. The highest BCUT2D eigenvalue weighted by Gasteiger charge is 2.22. The normalized spacial score (nSPS) is 10.2. The number of anilines is 1. The van der Waals surface area contributed by atoms with Gasteiger partial charge in [0.25, 0.3) is 5.91 Å². The SMILES string of the molecule is COc1cc(N)cc(C(=O)N(CCO)CCO)c1OC. The molecule has 1 aromatic rings. The van der Waals surface area contributed by atoms with Gasteiger partial charge < -0.3 is 30.3 Å². The van der Waals surface area contributed by atoms with E-state index in [-0.39, 0.29) is 37.6 Å². The molecule has 0 aliphatic carbocycles. The van der Waals surface area contributed by atoms with Crippen LogP contribution in [0.4, 0.5) is 5.69 Å². The van der Waals surface area contributed by atoms with E-state index >= 15 is 0 Å². The van der Waals surface area contributed by atoms with Crippen LogP contribution in [0.3, 0.4) is 0 Å². The van der Waals surface area contributed by atoms with E-state index in [1.54, 1.807) is 6.07 Å². The Kier molecular flexibility index (Phi) is 6.08. The zero-order valence-electron chi connectivity index (χ0n) is 11.6. The van der Waals surface area contributed by atoms with E-state index in [9.17, 15) is 4.79 Å². The molecule has 0 atom stereocenters. The molecule has 0 radical (unpaired) electrons. The zero-order chi connectivity index (χ0) is 15.1. The van der Waals surface area contributed by atoms with Crippen LogP contribution < -0.4 is 15.2 Å². The molecule has 0 saturated heterocycles. The molecule has 0 fully saturated rings. The maximum atomic E-state index is 12.4. The van der Waals surface area contributed by atoms with Crippen molar-refractivity contribution in [2.24, 2.45) is 0 Å². The quantitative estimate of drug-likeness (QED) is 0.594. The number of nitrogens with zero attached hydrogens (tertiary/aromatic N) is 1. The molecule has 20 heavy (non-hydrogen) atoms. The molecule has 0 bridgehead atoms. The monoisotopic (exact) mass is 284 g/mol. The van der Waals surface area contributed by atoms with Crippen LogP contribution in [0.2, 0.25) is 0 Å². The van der Waals surface area contributed by atoms with E-state index in [0.717, 1.165) is 0 Å². The molecule has 0 heterocycles. The number of amides is 1. The molecule has 1 aromatic carbocycles. The smallest absolute Gasteiger partial charge is 0.258 e. The number of rotatable bonds is 7. The number of aliphatic hydroxyl groups is 2. The van der Waals surface area contributed by atoms with Gasteiger partial charge in [-0.1, -0.05) is 0 Å². The van der Waals surface area contributed by atoms with Crippen molar-refractivity contribution in [1.82, 2.24) is 4.90 Å². The van der Waals surface area contributed by atoms with Crippen molar-refractivity contribution >= 4 is 11.6 Å². The Morgan fingerprint density at radius 3 is 2.25 bits per heavy atom. The Morgan fingerprint density at radius 1 is 1.20 bits per heavy atom. The van der Waals surface area contributed by atoms with Crippen molar-refractivity contribution in [3.05, 3.63) is 17.7 Å². The Labute approximate surface area is 117 Å². The maximum Gasteiger partial charge on any atom is 0.258 e. The minimum Gasteiger partial charge on any atom is -0.493 e. The number of carbonyl (C=O) groups is 1. The first-order valence-electron chi connectivity index (χ1n) is 6.11. The van der Waals surface area contributed by atoms with E-state index in [4.69, 9.17) is 25.4 Å². The van der Waals surface area contributed by atoms with Gasteiger partial charge in [0.15, 0.2) is 11.5 Å². The average Bonchev–Trinajstić information content (AvgIpc) is 2.45. The molecule has 1 rings (SSSR count). The van der Waals surface area contributed by atoms with Gasteiger partial charge in [0.2, 0.25) is 0 Å². The van der Waals surface area contributed by atoms with Crippen LogP contribution in [0, 0.1) is 0 Å². The number of nitrogen functional groups attached to an aromatic ring is 1. The summed E-state index contributed by atoms with van der Waals surface area (Å²) in [7, 11) is 2.87. The van der Waals surface area contributed by atoms with E-state index in [1.807, 2.05) is 0 Å². The number of hydrogen-bond acceptors (Lipinski definition) is 6. The summed E-state index contributed by atoms with van der Waals surface area (Å²) < 4.78 is 10.3. The largest absolute Gasteiger partial charge is 0.493 e. The Balaban J connectivity index is 3.21. The molecular formula is C13H20N2O5. The Hall–Kier alpha value is -1.99. The lowest BCUT2D eigenvalue weighted by atomic mass is 10.1. The van der Waals surface area contributed by atoms with Crippen LogP contribution in [0.5, 0.6) is 11.5 Å². The summed E-state index contributed by atoms with van der Waals surface area (Å²) in [6.45, 7) is -0.180. The lowest BCUT2D eigenvalue weighted by molar-refractivity contribution is 0.0681. The summed E-state index contributed by atoms with van der Waals surface area (Å²) in [5.41, 5.74) is 6.33. The minimum atomic E-state index is -0.393. The molecule has 0 saturated carbocycles. The standard InChI is InChI=1S/C13H20N2O5/c1-19-11-8-9(14)7-10(12(11)20-2)13(18)15(3-5-16)4-6-17/h7-8,16-17H,3-6,14H2,1-2H3. The summed E-state index contributed by atoms with van der Waals surface area (Å²) in [6, 6.07) is 3.03. The molecule has 0 aliphatic rings. The molecular weight excluding hydrogens is 264 g/mol. The highest BCUT2D eigenvalue weighted by atomic mass is 16.5. The second-order valence-corrected chi connectivity index (χ2v) is 4.04.